The van der Waals surface area contributed by atoms with Gasteiger partial charge in [0, 0.05) is 25.2 Å². The predicted molar refractivity (Wildman–Crippen MR) is 88.6 cm³/mol. The van der Waals surface area contributed by atoms with Gasteiger partial charge in [-0.15, -0.1) is 0 Å². The molecule has 3 rings (SSSR count). The van der Waals surface area contributed by atoms with Crippen molar-refractivity contribution in [1.29, 1.82) is 0 Å². The lowest BCUT2D eigenvalue weighted by Crippen LogP contribution is -2.53. The zero-order chi connectivity index (χ0) is 16.6. The molecular formula is C16H23ClN4O2. The summed E-state index contributed by atoms with van der Waals surface area (Å²) >= 11 is 5.96. The Balaban J connectivity index is 1.64. The standard InChI is InChI=1S/C16H23ClN4O2/c1-16(2,3)23-15(22)20-14-10-4-5-11(14)8-21(7-10)13-6-12(17)18-9-19-13/h6,9-11,14H,4-5,7-8H2,1-3H3,(H,20,22)/t10-,11?,14?/m0/s1. The van der Waals surface area contributed by atoms with Gasteiger partial charge in [0.1, 0.15) is 22.9 Å². The molecule has 0 spiro atoms. The van der Waals surface area contributed by atoms with Crippen LogP contribution < -0.4 is 10.2 Å². The van der Waals surface area contributed by atoms with Crippen LogP contribution in [0.3, 0.4) is 0 Å². The first-order valence-corrected chi connectivity index (χ1v) is 8.41. The average molecular weight is 339 g/mol. The Morgan fingerprint density at radius 2 is 1.96 bits per heavy atom. The van der Waals surface area contributed by atoms with Crippen LogP contribution in [-0.2, 0) is 4.74 Å². The highest BCUT2D eigenvalue weighted by atomic mass is 35.5. The van der Waals surface area contributed by atoms with E-state index in [9.17, 15) is 4.79 Å². The van der Waals surface area contributed by atoms with E-state index in [0.29, 0.717) is 17.0 Å². The molecule has 0 radical (unpaired) electrons. The number of fused-ring (bicyclic) bond motifs is 2. The minimum absolute atomic E-state index is 0.179. The van der Waals surface area contributed by atoms with E-state index >= 15 is 0 Å². The largest absolute Gasteiger partial charge is 0.444 e. The molecule has 3 atom stereocenters. The van der Waals surface area contributed by atoms with Crippen molar-refractivity contribution in [2.24, 2.45) is 11.8 Å². The zero-order valence-corrected chi connectivity index (χ0v) is 14.5. The first-order chi connectivity index (χ1) is 10.8. The molecule has 2 fully saturated rings. The number of nitrogens with one attached hydrogen (secondary N) is 1. The number of alkyl carbamates (subject to hydrolysis) is 1. The topological polar surface area (TPSA) is 67.3 Å². The number of nitrogens with zero attached hydrogens (tertiary/aromatic N) is 3. The number of halogens is 1. The number of ether oxygens (including phenoxy) is 1. The summed E-state index contributed by atoms with van der Waals surface area (Å²) in [4.78, 5) is 22.5. The van der Waals surface area contributed by atoms with Crippen molar-refractivity contribution in [2.75, 3.05) is 18.0 Å². The van der Waals surface area contributed by atoms with Crippen molar-refractivity contribution < 1.29 is 9.53 Å². The van der Waals surface area contributed by atoms with Gasteiger partial charge in [-0.05, 0) is 45.4 Å². The molecule has 2 aliphatic rings. The number of carbonyl (C=O) groups excluding carboxylic acids is 1. The van der Waals surface area contributed by atoms with E-state index in [0.717, 1.165) is 31.7 Å². The predicted octanol–water partition coefficient (Wildman–Crippen LogP) is 2.87. The molecule has 1 aromatic rings. The summed E-state index contributed by atoms with van der Waals surface area (Å²) in [6.07, 6.45) is 3.39. The molecule has 1 aromatic heterocycles. The van der Waals surface area contributed by atoms with Crippen LogP contribution in [0.2, 0.25) is 5.15 Å². The van der Waals surface area contributed by atoms with Crippen LogP contribution in [0.4, 0.5) is 10.6 Å². The molecule has 2 unspecified atom stereocenters. The Morgan fingerprint density at radius 3 is 2.52 bits per heavy atom. The fourth-order valence-corrected chi connectivity index (χ4v) is 3.73. The number of piperidine rings is 1. The van der Waals surface area contributed by atoms with Crippen molar-refractivity contribution in [3.05, 3.63) is 17.5 Å². The second-order valence-electron chi connectivity index (χ2n) is 7.37. The van der Waals surface area contributed by atoms with Crippen molar-refractivity contribution >= 4 is 23.5 Å². The number of aromatic nitrogens is 2. The van der Waals surface area contributed by atoms with Gasteiger partial charge >= 0.3 is 6.09 Å². The quantitative estimate of drug-likeness (QED) is 0.840. The van der Waals surface area contributed by atoms with Gasteiger partial charge in [-0.1, -0.05) is 11.6 Å². The van der Waals surface area contributed by atoms with Crippen LogP contribution in [0.15, 0.2) is 12.4 Å². The normalized spacial score (nSPS) is 27.0. The molecule has 1 aliphatic heterocycles. The Hall–Kier alpha value is -1.56. The summed E-state index contributed by atoms with van der Waals surface area (Å²) < 4.78 is 5.39. The third-order valence-corrected chi connectivity index (χ3v) is 4.67. The van der Waals surface area contributed by atoms with Gasteiger partial charge < -0.3 is 15.0 Å². The fraction of sp³-hybridized carbons (Fsp3) is 0.688. The van der Waals surface area contributed by atoms with Crippen LogP contribution in [0, 0.1) is 11.8 Å². The molecule has 1 saturated heterocycles. The van der Waals surface area contributed by atoms with Crippen LogP contribution in [0.5, 0.6) is 0 Å². The van der Waals surface area contributed by atoms with E-state index in [1.165, 1.54) is 6.33 Å². The molecule has 2 bridgehead atoms. The molecule has 1 aliphatic carbocycles. The highest BCUT2D eigenvalue weighted by molar-refractivity contribution is 6.29. The maximum atomic E-state index is 12.1. The van der Waals surface area contributed by atoms with Gasteiger partial charge in [-0.25, -0.2) is 14.8 Å². The van der Waals surface area contributed by atoms with E-state index in [4.69, 9.17) is 16.3 Å². The lowest BCUT2D eigenvalue weighted by molar-refractivity contribution is 0.0472. The maximum absolute atomic E-state index is 12.1. The molecule has 7 heteroatoms. The monoisotopic (exact) mass is 338 g/mol. The van der Waals surface area contributed by atoms with Gasteiger partial charge in [0.15, 0.2) is 0 Å². The van der Waals surface area contributed by atoms with Crippen molar-refractivity contribution in [3.8, 4) is 0 Å². The fourth-order valence-electron chi connectivity index (χ4n) is 3.59. The lowest BCUT2D eigenvalue weighted by Gasteiger charge is -2.39. The lowest BCUT2D eigenvalue weighted by atomic mass is 9.92. The van der Waals surface area contributed by atoms with Crippen LogP contribution in [-0.4, -0.2) is 40.8 Å². The summed E-state index contributed by atoms with van der Waals surface area (Å²) in [5.41, 5.74) is -0.471. The number of rotatable bonds is 2. The highest BCUT2D eigenvalue weighted by Gasteiger charge is 2.43. The number of carbonyl (C=O) groups is 1. The number of anilines is 1. The molecule has 1 saturated carbocycles. The smallest absolute Gasteiger partial charge is 0.407 e. The van der Waals surface area contributed by atoms with Crippen LogP contribution in [0.1, 0.15) is 33.6 Å². The second-order valence-corrected chi connectivity index (χ2v) is 7.76. The van der Waals surface area contributed by atoms with Gasteiger partial charge in [0.05, 0.1) is 0 Å². The molecule has 126 valence electrons. The maximum Gasteiger partial charge on any atom is 0.407 e. The van der Waals surface area contributed by atoms with E-state index in [-0.39, 0.29) is 12.1 Å². The first-order valence-electron chi connectivity index (χ1n) is 8.04. The Bertz CT molecular complexity index is 576. The van der Waals surface area contributed by atoms with E-state index in [2.05, 4.69) is 20.2 Å². The minimum atomic E-state index is -0.471. The van der Waals surface area contributed by atoms with Crippen LogP contribution in [0.25, 0.3) is 0 Å². The third kappa shape index (κ3) is 3.86. The third-order valence-electron chi connectivity index (χ3n) is 4.46. The number of hydrogen-bond donors (Lipinski definition) is 1. The van der Waals surface area contributed by atoms with E-state index in [1.54, 1.807) is 6.07 Å². The van der Waals surface area contributed by atoms with E-state index < -0.39 is 5.60 Å². The summed E-state index contributed by atoms with van der Waals surface area (Å²) in [5, 5.41) is 3.53. The summed E-state index contributed by atoms with van der Waals surface area (Å²) in [6, 6.07) is 1.97. The minimum Gasteiger partial charge on any atom is -0.444 e. The SMILES string of the molecule is CC(C)(C)OC(=O)NC1C2CC[C@H]1CN(c1cc(Cl)ncn1)C2. The number of hydrogen-bond acceptors (Lipinski definition) is 5. The van der Waals surface area contributed by atoms with Crippen molar-refractivity contribution in [3.63, 3.8) is 0 Å². The van der Waals surface area contributed by atoms with Gasteiger partial charge in [0.2, 0.25) is 0 Å². The average Bonchev–Trinajstić information content (AvgIpc) is 2.68. The van der Waals surface area contributed by atoms with Gasteiger partial charge in [-0.3, -0.25) is 0 Å². The Morgan fingerprint density at radius 1 is 1.30 bits per heavy atom. The molecule has 0 aromatic carbocycles. The summed E-state index contributed by atoms with van der Waals surface area (Å²) in [5.74, 6) is 1.68. The second kappa shape index (κ2) is 6.15. The first kappa shape index (κ1) is 16.3. The van der Waals surface area contributed by atoms with Gasteiger partial charge in [-0.2, -0.15) is 0 Å². The van der Waals surface area contributed by atoms with Crippen LogP contribution >= 0.6 is 11.6 Å². The molecule has 1 N–H and O–H groups in total. The van der Waals surface area contributed by atoms with Crippen molar-refractivity contribution in [2.45, 2.75) is 45.3 Å². The molecule has 2 heterocycles. The number of amides is 1. The Kier molecular flexibility index (Phi) is 4.36. The highest BCUT2D eigenvalue weighted by Crippen LogP contribution is 2.38. The summed E-state index contributed by atoms with van der Waals surface area (Å²) in [7, 11) is 0. The molecule has 1 amide bonds. The van der Waals surface area contributed by atoms with E-state index in [1.807, 2.05) is 20.8 Å². The Labute approximate surface area is 141 Å². The van der Waals surface area contributed by atoms with Crippen molar-refractivity contribution in [1.82, 2.24) is 15.3 Å². The molecule has 6 nitrogen and oxygen atoms in total. The molecular weight excluding hydrogens is 316 g/mol. The van der Waals surface area contributed by atoms with Gasteiger partial charge in [0.25, 0.3) is 0 Å². The zero-order valence-electron chi connectivity index (χ0n) is 13.8. The summed E-state index contributed by atoms with van der Waals surface area (Å²) in [6.45, 7) is 7.36. The molecule has 23 heavy (non-hydrogen) atoms.